The van der Waals surface area contributed by atoms with E-state index in [2.05, 4.69) is 4.90 Å². The van der Waals surface area contributed by atoms with Crippen LogP contribution in [0.2, 0.25) is 0 Å². The lowest BCUT2D eigenvalue weighted by atomic mass is 10.2. The van der Waals surface area contributed by atoms with Crippen LogP contribution >= 0.6 is 0 Å². The SMILES string of the molecule is N[C@H](Cc1ccc(N2CCCC2)o1)C(=O)O. The molecule has 1 aliphatic rings. The summed E-state index contributed by atoms with van der Waals surface area (Å²) in [5.74, 6) is 0.459. The van der Waals surface area contributed by atoms with E-state index in [1.165, 1.54) is 12.8 Å². The van der Waals surface area contributed by atoms with Crippen molar-refractivity contribution in [2.24, 2.45) is 5.73 Å². The van der Waals surface area contributed by atoms with Crippen LogP contribution in [0.5, 0.6) is 0 Å². The molecule has 1 aliphatic heterocycles. The average Bonchev–Trinajstić information content (AvgIpc) is 2.85. The second-order valence-electron chi connectivity index (χ2n) is 4.08. The van der Waals surface area contributed by atoms with E-state index in [9.17, 15) is 4.79 Å². The Kier molecular flexibility index (Phi) is 3.14. The van der Waals surface area contributed by atoms with Crippen LogP contribution in [0.15, 0.2) is 16.5 Å². The van der Waals surface area contributed by atoms with Gasteiger partial charge in [-0.3, -0.25) is 4.79 Å². The molecule has 1 aromatic heterocycles. The highest BCUT2D eigenvalue weighted by Gasteiger charge is 2.18. The van der Waals surface area contributed by atoms with Gasteiger partial charge in [0.05, 0.1) is 0 Å². The Morgan fingerprint density at radius 2 is 2.19 bits per heavy atom. The molecule has 5 nitrogen and oxygen atoms in total. The summed E-state index contributed by atoms with van der Waals surface area (Å²) in [7, 11) is 0. The van der Waals surface area contributed by atoms with Gasteiger partial charge < -0.3 is 20.2 Å². The Morgan fingerprint density at radius 1 is 1.50 bits per heavy atom. The van der Waals surface area contributed by atoms with Crippen molar-refractivity contribution in [2.45, 2.75) is 25.3 Å². The molecule has 1 atom stereocenters. The number of anilines is 1. The van der Waals surface area contributed by atoms with E-state index in [1.54, 1.807) is 6.07 Å². The molecule has 0 radical (unpaired) electrons. The highest BCUT2D eigenvalue weighted by Crippen LogP contribution is 2.23. The molecule has 16 heavy (non-hydrogen) atoms. The molecule has 1 fully saturated rings. The second kappa shape index (κ2) is 4.57. The van der Waals surface area contributed by atoms with E-state index in [1.807, 2.05) is 6.07 Å². The molecule has 0 unspecified atom stereocenters. The first kappa shape index (κ1) is 11.0. The summed E-state index contributed by atoms with van der Waals surface area (Å²) in [6.45, 7) is 2.02. The summed E-state index contributed by atoms with van der Waals surface area (Å²) in [6.07, 6.45) is 2.61. The molecule has 0 spiro atoms. The van der Waals surface area contributed by atoms with Crippen molar-refractivity contribution < 1.29 is 14.3 Å². The minimum absolute atomic E-state index is 0.239. The molecule has 0 saturated carbocycles. The highest BCUT2D eigenvalue weighted by atomic mass is 16.4. The van der Waals surface area contributed by atoms with Gasteiger partial charge >= 0.3 is 5.97 Å². The molecule has 2 rings (SSSR count). The third-order valence-corrected chi connectivity index (χ3v) is 2.80. The fourth-order valence-electron chi connectivity index (χ4n) is 1.89. The largest absolute Gasteiger partial charge is 0.480 e. The van der Waals surface area contributed by atoms with Gasteiger partial charge in [-0.2, -0.15) is 0 Å². The van der Waals surface area contributed by atoms with Crippen LogP contribution in [-0.2, 0) is 11.2 Å². The third-order valence-electron chi connectivity index (χ3n) is 2.80. The minimum Gasteiger partial charge on any atom is -0.480 e. The van der Waals surface area contributed by atoms with Gasteiger partial charge in [0.2, 0.25) is 0 Å². The van der Waals surface area contributed by atoms with Gasteiger partial charge in [0, 0.05) is 25.6 Å². The maximum absolute atomic E-state index is 10.6. The van der Waals surface area contributed by atoms with Gasteiger partial charge in [0.15, 0.2) is 5.88 Å². The first-order valence-electron chi connectivity index (χ1n) is 5.49. The zero-order valence-electron chi connectivity index (χ0n) is 9.06. The Bertz CT molecular complexity index is 369. The number of nitrogens with two attached hydrogens (primary N) is 1. The lowest BCUT2D eigenvalue weighted by Gasteiger charge is -2.13. The summed E-state index contributed by atoms with van der Waals surface area (Å²) in [6, 6.07) is 2.80. The van der Waals surface area contributed by atoms with E-state index in [4.69, 9.17) is 15.3 Å². The Hall–Kier alpha value is -1.49. The van der Waals surface area contributed by atoms with Gasteiger partial charge in [-0.15, -0.1) is 0 Å². The number of carboxylic acid groups (broad SMARTS) is 1. The standard InChI is InChI=1S/C11H16N2O3/c12-9(11(14)15)7-8-3-4-10(16-8)13-5-1-2-6-13/h3-4,9H,1-2,5-7,12H2,(H,14,15)/t9-/m1/s1. The second-order valence-corrected chi connectivity index (χ2v) is 4.08. The van der Waals surface area contributed by atoms with Gasteiger partial charge in [-0.1, -0.05) is 0 Å². The molecule has 2 heterocycles. The van der Waals surface area contributed by atoms with Gasteiger partial charge in [-0.05, 0) is 18.9 Å². The first-order valence-corrected chi connectivity index (χ1v) is 5.49. The third kappa shape index (κ3) is 2.36. The number of hydrogen-bond donors (Lipinski definition) is 2. The summed E-state index contributed by atoms with van der Waals surface area (Å²) < 4.78 is 5.57. The van der Waals surface area contributed by atoms with E-state index < -0.39 is 12.0 Å². The number of aliphatic carboxylic acids is 1. The van der Waals surface area contributed by atoms with Crippen LogP contribution in [0.1, 0.15) is 18.6 Å². The number of furan rings is 1. The maximum Gasteiger partial charge on any atom is 0.320 e. The molecule has 0 amide bonds. The van der Waals surface area contributed by atoms with Crippen LogP contribution in [0.25, 0.3) is 0 Å². The molecule has 1 saturated heterocycles. The highest BCUT2D eigenvalue weighted by molar-refractivity contribution is 5.73. The molecule has 1 aromatic rings. The lowest BCUT2D eigenvalue weighted by Crippen LogP contribution is -2.32. The molecule has 0 bridgehead atoms. The van der Waals surface area contributed by atoms with Crippen molar-refractivity contribution >= 4 is 11.9 Å². The van der Waals surface area contributed by atoms with Crippen LogP contribution in [0.4, 0.5) is 5.88 Å². The van der Waals surface area contributed by atoms with E-state index in [-0.39, 0.29) is 6.42 Å². The smallest absolute Gasteiger partial charge is 0.320 e. The summed E-state index contributed by atoms with van der Waals surface area (Å²) >= 11 is 0. The number of carbonyl (C=O) groups is 1. The van der Waals surface area contributed by atoms with Crippen LogP contribution < -0.4 is 10.6 Å². The predicted octanol–water partition coefficient (Wildman–Crippen LogP) is 0.834. The topological polar surface area (TPSA) is 79.7 Å². The fraction of sp³-hybridized carbons (Fsp3) is 0.545. The monoisotopic (exact) mass is 224 g/mol. The van der Waals surface area contributed by atoms with Crippen molar-refractivity contribution in [3.05, 3.63) is 17.9 Å². The minimum atomic E-state index is -1.00. The van der Waals surface area contributed by atoms with E-state index >= 15 is 0 Å². The van der Waals surface area contributed by atoms with Crippen molar-refractivity contribution in [1.82, 2.24) is 0 Å². The molecular weight excluding hydrogens is 208 g/mol. The van der Waals surface area contributed by atoms with Crippen molar-refractivity contribution in [3.63, 3.8) is 0 Å². The molecule has 0 aliphatic carbocycles. The molecule has 88 valence electrons. The Balaban J connectivity index is 1.99. The molecular formula is C11H16N2O3. The normalized spacial score (nSPS) is 17.7. The molecule has 5 heteroatoms. The van der Waals surface area contributed by atoms with Crippen LogP contribution in [-0.4, -0.2) is 30.2 Å². The molecule has 0 aromatic carbocycles. The number of carboxylic acids is 1. The maximum atomic E-state index is 10.6. The first-order chi connectivity index (χ1) is 7.66. The van der Waals surface area contributed by atoms with E-state index in [0.29, 0.717) is 5.76 Å². The van der Waals surface area contributed by atoms with Gasteiger partial charge in [0.25, 0.3) is 0 Å². The summed E-state index contributed by atoms with van der Waals surface area (Å²) in [5, 5.41) is 8.68. The zero-order valence-corrected chi connectivity index (χ0v) is 9.06. The number of nitrogens with zero attached hydrogens (tertiary/aromatic N) is 1. The lowest BCUT2D eigenvalue weighted by molar-refractivity contribution is -0.138. The predicted molar refractivity (Wildman–Crippen MR) is 59.5 cm³/mol. The number of hydrogen-bond acceptors (Lipinski definition) is 4. The number of rotatable bonds is 4. The van der Waals surface area contributed by atoms with Crippen molar-refractivity contribution in [1.29, 1.82) is 0 Å². The van der Waals surface area contributed by atoms with Crippen molar-refractivity contribution in [2.75, 3.05) is 18.0 Å². The summed E-state index contributed by atoms with van der Waals surface area (Å²) in [5.41, 5.74) is 5.44. The van der Waals surface area contributed by atoms with Crippen LogP contribution in [0.3, 0.4) is 0 Å². The quantitative estimate of drug-likeness (QED) is 0.792. The molecule has 3 N–H and O–H groups in total. The van der Waals surface area contributed by atoms with Crippen LogP contribution in [0, 0.1) is 0 Å². The Labute approximate surface area is 93.8 Å². The fourth-order valence-corrected chi connectivity index (χ4v) is 1.89. The van der Waals surface area contributed by atoms with Gasteiger partial charge in [-0.25, -0.2) is 0 Å². The van der Waals surface area contributed by atoms with Crippen molar-refractivity contribution in [3.8, 4) is 0 Å². The van der Waals surface area contributed by atoms with E-state index in [0.717, 1.165) is 19.0 Å². The zero-order chi connectivity index (χ0) is 11.5. The average molecular weight is 224 g/mol. The Morgan fingerprint density at radius 3 is 2.81 bits per heavy atom. The summed E-state index contributed by atoms with van der Waals surface area (Å²) in [4.78, 5) is 12.8. The van der Waals surface area contributed by atoms with Gasteiger partial charge in [0.1, 0.15) is 11.8 Å².